The van der Waals surface area contributed by atoms with Crippen LogP contribution in [-0.2, 0) is 24.8 Å². The van der Waals surface area contributed by atoms with Crippen molar-refractivity contribution >= 4 is 53.6 Å². The highest BCUT2D eigenvalue weighted by molar-refractivity contribution is 9.11. The van der Waals surface area contributed by atoms with E-state index in [1.54, 1.807) is 31.2 Å². The van der Waals surface area contributed by atoms with Crippen LogP contribution in [-0.4, -0.2) is 54.9 Å². The first-order valence-electron chi connectivity index (χ1n) is 9.85. The number of ether oxygens (including phenoxy) is 1. The van der Waals surface area contributed by atoms with Gasteiger partial charge in [-0.2, -0.15) is 0 Å². The second-order valence-electron chi connectivity index (χ2n) is 8.08. The van der Waals surface area contributed by atoms with E-state index >= 15 is 0 Å². The number of nitrogens with zero attached hydrogens (tertiary/aromatic N) is 1. The summed E-state index contributed by atoms with van der Waals surface area (Å²) in [4.78, 5) is 26.3. The van der Waals surface area contributed by atoms with Crippen molar-refractivity contribution in [3.63, 3.8) is 0 Å². The zero-order chi connectivity index (χ0) is 23.7. The Kier molecular flexibility index (Phi) is 7.36. The fourth-order valence-electron chi connectivity index (χ4n) is 3.79. The van der Waals surface area contributed by atoms with Crippen LogP contribution in [0.15, 0.2) is 51.4 Å². The van der Waals surface area contributed by atoms with Crippen molar-refractivity contribution in [3.05, 3.63) is 57.0 Å². The number of carboxylic acids is 1. The second-order valence-corrected chi connectivity index (χ2v) is 12.2. The first-order valence-corrected chi connectivity index (χ1v) is 13.5. The second kappa shape index (κ2) is 9.52. The minimum atomic E-state index is -3.34. The van der Waals surface area contributed by atoms with Gasteiger partial charge in [-0.15, -0.1) is 0 Å². The SMILES string of the molecule is CC1(c2ccc(Oc3cc(Br)cc(Br)c3)cc2)CCN(C(CCS(C)(=O)=O)C(=O)O)C1=O. The van der Waals surface area contributed by atoms with Crippen molar-refractivity contribution in [1.82, 2.24) is 4.90 Å². The summed E-state index contributed by atoms with van der Waals surface area (Å²) in [5, 5.41) is 9.59. The Balaban J connectivity index is 1.77. The van der Waals surface area contributed by atoms with Crippen molar-refractivity contribution in [2.75, 3.05) is 18.6 Å². The van der Waals surface area contributed by atoms with Gasteiger partial charge < -0.3 is 14.7 Å². The monoisotopic (exact) mass is 587 g/mol. The van der Waals surface area contributed by atoms with Crippen LogP contribution in [0, 0.1) is 0 Å². The van der Waals surface area contributed by atoms with Crippen LogP contribution in [0.3, 0.4) is 0 Å². The molecule has 1 heterocycles. The quantitative estimate of drug-likeness (QED) is 0.491. The van der Waals surface area contributed by atoms with Crippen LogP contribution in [0.25, 0.3) is 0 Å². The summed E-state index contributed by atoms with van der Waals surface area (Å²) in [7, 11) is -3.34. The van der Waals surface area contributed by atoms with E-state index in [1.807, 2.05) is 18.2 Å². The van der Waals surface area contributed by atoms with Gasteiger partial charge in [-0.25, -0.2) is 13.2 Å². The summed E-state index contributed by atoms with van der Waals surface area (Å²) in [6.07, 6.45) is 1.36. The molecular formula is C22H23Br2NO6S. The number of likely N-dealkylation sites (tertiary alicyclic amines) is 1. The van der Waals surface area contributed by atoms with Gasteiger partial charge in [-0.05, 0) is 55.7 Å². The lowest BCUT2D eigenvalue weighted by molar-refractivity contribution is -0.149. The smallest absolute Gasteiger partial charge is 0.326 e. The third-order valence-electron chi connectivity index (χ3n) is 5.57. The highest BCUT2D eigenvalue weighted by Gasteiger charge is 2.47. The largest absolute Gasteiger partial charge is 0.480 e. The molecule has 2 aromatic carbocycles. The average Bonchev–Trinajstić information content (AvgIpc) is 2.97. The number of benzene rings is 2. The Morgan fingerprint density at radius 2 is 1.75 bits per heavy atom. The minimum absolute atomic E-state index is 0.134. The van der Waals surface area contributed by atoms with Crippen LogP contribution in [0.1, 0.15) is 25.3 Å². The molecule has 1 amide bonds. The maximum absolute atomic E-state index is 13.2. The highest BCUT2D eigenvalue weighted by atomic mass is 79.9. The molecule has 0 aromatic heterocycles. The van der Waals surface area contributed by atoms with Gasteiger partial charge in [0.2, 0.25) is 5.91 Å². The Labute approximate surface area is 203 Å². The first-order chi connectivity index (χ1) is 14.9. The molecule has 10 heteroatoms. The number of amides is 1. The van der Waals surface area contributed by atoms with Crippen LogP contribution >= 0.6 is 31.9 Å². The molecule has 2 unspecified atom stereocenters. The van der Waals surface area contributed by atoms with E-state index in [1.165, 1.54) is 4.90 Å². The molecule has 1 saturated heterocycles. The number of sulfone groups is 1. The van der Waals surface area contributed by atoms with E-state index < -0.39 is 27.3 Å². The van der Waals surface area contributed by atoms with Crippen LogP contribution in [0.2, 0.25) is 0 Å². The minimum Gasteiger partial charge on any atom is -0.480 e. The molecule has 7 nitrogen and oxygen atoms in total. The molecule has 0 spiro atoms. The van der Waals surface area contributed by atoms with Gasteiger partial charge in [0.15, 0.2) is 0 Å². The fourth-order valence-corrected chi connectivity index (χ4v) is 5.69. The number of carboxylic acid groups (broad SMARTS) is 1. The highest BCUT2D eigenvalue weighted by Crippen LogP contribution is 2.38. The topological polar surface area (TPSA) is 101 Å². The maximum atomic E-state index is 13.2. The van der Waals surface area contributed by atoms with Gasteiger partial charge >= 0.3 is 5.97 Å². The first kappa shape index (κ1) is 24.7. The number of aliphatic carboxylic acids is 1. The Hall–Kier alpha value is -1.91. The predicted molar refractivity (Wildman–Crippen MR) is 128 cm³/mol. The summed E-state index contributed by atoms with van der Waals surface area (Å²) in [5.74, 6) is -0.565. The van der Waals surface area contributed by atoms with E-state index in [2.05, 4.69) is 31.9 Å². The Bertz CT molecular complexity index is 1120. The molecule has 172 valence electrons. The van der Waals surface area contributed by atoms with E-state index in [9.17, 15) is 23.1 Å². The van der Waals surface area contributed by atoms with E-state index in [-0.39, 0.29) is 24.6 Å². The average molecular weight is 589 g/mol. The Morgan fingerprint density at radius 3 is 2.28 bits per heavy atom. The predicted octanol–water partition coefficient (Wildman–Crippen LogP) is 4.38. The van der Waals surface area contributed by atoms with E-state index in [0.717, 1.165) is 20.8 Å². The molecule has 0 saturated carbocycles. The van der Waals surface area contributed by atoms with Crippen LogP contribution in [0.5, 0.6) is 11.5 Å². The van der Waals surface area contributed by atoms with Gasteiger partial charge in [0.25, 0.3) is 0 Å². The number of rotatable bonds is 8. The number of carbonyl (C=O) groups excluding carboxylic acids is 1. The molecule has 1 aliphatic heterocycles. The third-order valence-corrected chi connectivity index (χ3v) is 7.47. The lowest BCUT2D eigenvalue weighted by Gasteiger charge is -2.28. The van der Waals surface area contributed by atoms with Crippen LogP contribution in [0.4, 0.5) is 0 Å². The molecule has 2 atom stereocenters. The summed E-state index contributed by atoms with van der Waals surface area (Å²) >= 11 is 6.84. The zero-order valence-electron chi connectivity index (χ0n) is 17.5. The molecule has 2 aromatic rings. The standard InChI is InChI=1S/C22H23Br2NO6S/c1-22(8-9-25(21(22)28)19(20(26)27)7-10-32(2,29)30)14-3-5-17(6-4-14)31-18-12-15(23)11-16(24)13-18/h3-6,11-13,19H,7-10H2,1-2H3,(H,26,27). The molecule has 1 N–H and O–H groups in total. The molecular weight excluding hydrogens is 566 g/mol. The molecule has 0 radical (unpaired) electrons. The van der Waals surface area contributed by atoms with Gasteiger partial charge in [0, 0.05) is 21.7 Å². The van der Waals surface area contributed by atoms with Gasteiger partial charge in [0.05, 0.1) is 11.2 Å². The van der Waals surface area contributed by atoms with E-state index in [4.69, 9.17) is 4.74 Å². The summed E-state index contributed by atoms with van der Waals surface area (Å²) in [5.41, 5.74) is -0.143. The lowest BCUT2D eigenvalue weighted by atomic mass is 9.81. The molecule has 3 rings (SSSR count). The van der Waals surface area contributed by atoms with Crippen molar-refractivity contribution in [2.45, 2.75) is 31.2 Å². The zero-order valence-corrected chi connectivity index (χ0v) is 21.5. The van der Waals surface area contributed by atoms with Crippen molar-refractivity contribution in [2.24, 2.45) is 0 Å². The lowest BCUT2D eigenvalue weighted by Crippen LogP contribution is -2.46. The van der Waals surface area contributed by atoms with Crippen molar-refractivity contribution in [1.29, 1.82) is 0 Å². The number of hydrogen-bond acceptors (Lipinski definition) is 5. The third kappa shape index (κ3) is 5.71. The fraction of sp³-hybridized carbons (Fsp3) is 0.364. The van der Waals surface area contributed by atoms with E-state index in [0.29, 0.717) is 17.9 Å². The Morgan fingerprint density at radius 1 is 1.16 bits per heavy atom. The molecule has 1 fully saturated rings. The van der Waals surface area contributed by atoms with Gasteiger partial charge in [0.1, 0.15) is 27.4 Å². The number of hydrogen-bond donors (Lipinski definition) is 1. The van der Waals surface area contributed by atoms with Crippen molar-refractivity contribution < 1.29 is 27.9 Å². The number of halogens is 2. The molecule has 32 heavy (non-hydrogen) atoms. The summed E-state index contributed by atoms with van der Waals surface area (Å²) in [6.45, 7) is 2.03. The summed E-state index contributed by atoms with van der Waals surface area (Å²) in [6, 6.07) is 11.5. The molecule has 0 bridgehead atoms. The molecule has 1 aliphatic rings. The van der Waals surface area contributed by atoms with Crippen molar-refractivity contribution in [3.8, 4) is 11.5 Å². The van der Waals surface area contributed by atoms with Gasteiger partial charge in [-0.3, -0.25) is 4.79 Å². The van der Waals surface area contributed by atoms with Crippen LogP contribution < -0.4 is 4.74 Å². The van der Waals surface area contributed by atoms with Gasteiger partial charge in [-0.1, -0.05) is 44.0 Å². The molecule has 0 aliphatic carbocycles. The normalized spacial score (nSPS) is 19.8. The summed E-state index contributed by atoms with van der Waals surface area (Å²) < 4.78 is 30.6. The number of carbonyl (C=O) groups is 2. The maximum Gasteiger partial charge on any atom is 0.326 e.